The zero-order valence-corrected chi connectivity index (χ0v) is 7.38. The first-order chi connectivity index (χ1) is 5.02. The van der Waals surface area contributed by atoms with E-state index in [-0.39, 0.29) is 12.0 Å². The zero-order valence-electron chi connectivity index (χ0n) is 7.38. The lowest BCUT2D eigenvalue weighted by Gasteiger charge is -2.36. The molecule has 2 heteroatoms. The predicted octanol–water partition coefficient (Wildman–Crippen LogP) is 1.31. The van der Waals surface area contributed by atoms with Crippen molar-refractivity contribution >= 4 is 0 Å². The van der Waals surface area contributed by atoms with E-state index in [0.29, 0.717) is 0 Å². The fourth-order valence-electron chi connectivity index (χ4n) is 1.94. The van der Waals surface area contributed by atoms with Crippen LogP contribution in [0.25, 0.3) is 0 Å². The maximum atomic E-state index is 9.65. The summed E-state index contributed by atoms with van der Waals surface area (Å²) in [6.07, 6.45) is 3.78. The minimum Gasteiger partial charge on any atom is -0.393 e. The summed E-state index contributed by atoms with van der Waals surface area (Å²) in [6.45, 7) is 3.57. The van der Waals surface area contributed by atoms with Crippen LogP contribution in [0.1, 0.15) is 39.5 Å². The Labute approximate surface area is 68.2 Å². The summed E-state index contributed by atoms with van der Waals surface area (Å²) in [5.74, 6) is 0.0799. The molecule has 2 nitrogen and oxygen atoms in total. The van der Waals surface area contributed by atoms with Crippen LogP contribution in [-0.4, -0.2) is 21.9 Å². The second-order valence-corrected chi connectivity index (χ2v) is 4.11. The summed E-state index contributed by atoms with van der Waals surface area (Å²) in [4.78, 5) is 0. The summed E-state index contributed by atoms with van der Waals surface area (Å²) in [6, 6.07) is 0. The minimum atomic E-state index is -0.708. The molecule has 0 heterocycles. The Kier molecular flexibility index (Phi) is 2.55. The Morgan fingerprint density at radius 3 is 2.09 bits per heavy atom. The van der Waals surface area contributed by atoms with Gasteiger partial charge < -0.3 is 10.2 Å². The van der Waals surface area contributed by atoms with Crippen LogP contribution in [-0.2, 0) is 0 Å². The lowest BCUT2D eigenvalue weighted by Crippen LogP contribution is -2.41. The molecule has 0 aromatic heterocycles. The molecule has 0 aliphatic heterocycles. The van der Waals surface area contributed by atoms with Crippen molar-refractivity contribution in [2.24, 2.45) is 5.92 Å². The van der Waals surface area contributed by atoms with Crippen molar-refractivity contribution in [2.45, 2.75) is 51.2 Å². The van der Waals surface area contributed by atoms with Gasteiger partial charge in [0.15, 0.2) is 0 Å². The van der Waals surface area contributed by atoms with E-state index in [2.05, 4.69) is 0 Å². The van der Waals surface area contributed by atoms with E-state index >= 15 is 0 Å². The van der Waals surface area contributed by atoms with Crippen molar-refractivity contribution in [3.8, 4) is 0 Å². The fraction of sp³-hybridized carbons (Fsp3) is 1.00. The highest BCUT2D eigenvalue weighted by molar-refractivity contribution is 4.85. The molecule has 1 unspecified atom stereocenters. The number of aliphatic hydroxyl groups is 2. The van der Waals surface area contributed by atoms with Gasteiger partial charge in [0.05, 0.1) is 11.7 Å². The van der Waals surface area contributed by atoms with Crippen LogP contribution in [0.2, 0.25) is 0 Å². The highest BCUT2D eigenvalue weighted by Crippen LogP contribution is 2.32. The molecule has 0 saturated heterocycles. The molecule has 1 saturated carbocycles. The number of aliphatic hydroxyl groups excluding tert-OH is 1. The van der Waals surface area contributed by atoms with Gasteiger partial charge in [0.2, 0.25) is 0 Å². The van der Waals surface area contributed by atoms with Gasteiger partial charge in [-0.1, -0.05) is 12.8 Å². The highest BCUT2D eigenvalue weighted by Gasteiger charge is 2.34. The molecule has 1 aliphatic rings. The molecule has 1 aliphatic carbocycles. The van der Waals surface area contributed by atoms with E-state index in [0.717, 1.165) is 25.7 Å². The van der Waals surface area contributed by atoms with Crippen LogP contribution in [0.15, 0.2) is 0 Å². The molecule has 0 spiro atoms. The largest absolute Gasteiger partial charge is 0.393 e. The molecule has 0 bridgehead atoms. The van der Waals surface area contributed by atoms with Crippen molar-refractivity contribution in [3.05, 3.63) is 0 Å². The third kappa shape index (κ3) is 2.17. The highest BCUT2D eigenvalue weighted by atomic mass is 16.3. The average Bonchev–Trinajstić information content (AvgIpc) is 1.86. The summed E-state index contributed by atoms with van der Waals surface area (Å²) in [7, 11) is 0. The summed E-state index contributed by atoms with van der Waals surface area (Å²) in [5.41, 5.74) is -0.708. The van der Waals surface area contributed by atoms with Gasteiger partial charge in [-0.2, -0.15) is 0 Å². The van der Waals surface area contributed by atoms with E-state index in [1.807, 2.05) is 0 Å². The van der Waals surface area contributed by atoms with Crippen LogP contribution >= 0.6 is 0 Å². The first-order valence-corrected chi connectivity index (χ1v) is 4.42. The van der Waals surface area contributed by atoms with E-state index in [9.17, 15) is 10.2 Å². The summed E-state index contributed by atoms with van der Waals surface area (Å²) >= 11 is 0. The van der Waals surface area contributed by atoms with Crippen LogP contribution in [0, 0.1) is 5.92 Å². The lowest BCUT2D eigenvalue weighted by molar-refractivity contribution is -0.0645. The molecule has 1 fully saturated rings. The molecular weight excluding hydrogens is 140 g/mol. The van der Waals surface area contributed by atoms with Gasteiger partial charge in [0.1, 0.15) is 0 Å². The molecule has 0 aromatic rings. The Bertz CT molecular complexity index is 126. The van der Waals surface area contributed by atoms with Crippen molar-refractivity contribution in [3.63, 3.8) is 0 Å². The van der Waals surface area contributed by atoms with Gasteiger partial charge in [0.25, 0.3) is 0 Å². The van der Waals surface area contributed by atoms with Crippen molar-refractivity contribution in [1.29, 1.82) is 0 Å². The molecule has 11 heavy (non-hydrogen) atoms. The molecule has 0 aromatic carbocycles. The minimum absolute atomic E-state index is 0.0799. The maximum absolute atomic E-state index is 9.65. The molecule has 1 rings (SSSR count). The standard InChI is InChI=1S/C9H18O2/c1-9(2,11)7-5-3-4-6-8(7)10/h7-8,10-11H,3-6H2,1-2H3/t7?,8-/m1/s1. The summed E-state index contributed by atoms with van der Waals surface area (Å²) < 4.78 is 0. The van der Waals surface area contributed by atoms with Crippen molar-refractivity contribution in [1.82, 2.24) is 0 Å². The third-order valence-corrected chi connectivity index (χ3v) is 2.64. The van der Waals surface area contributed by atoms with Crippen LogP contribution < -0.4 is 0 Å². The van der Waals surface area contributed by atoms with Gasteiger partial charge in [-0.15, -0.1) is 0 Å². The number of rotatable bonds is 1. The van der Waals surface area contributed by atoms with Gasteiger partial charge in [-0.05, 0) is 26.7 Å². The fourth-order valence-corrected chi connectivity index (χ4v) is 1.94. The average molecular weight is 158 g/mol. The van der Waals surface area contributed by atoms with Gasteiger partial charge in [0, 0.05) is 5.92 Å². The summed E-state index contributed by atoms with van der Waals surface area (Å²) in [5, 5.41) is 19.2. The first-order valence-electron chi connectivity index (χ1n) is 4.42. The van der Waals surface area contributed by atoms with E-state index in [1.165, 1.54) is 0 Å². The van der Waals surface area contributed by atoms with Gasteiger partial charge in [-0.25, -0.2) is 0 Å². The van der Waals surface area contributed by atoms with Gasteiger partial charge in [-0.3, -0.25) is 0 Å². The van der Waals surface area contributed by atoms with E-state index < -0.39 is 5.60 Å². The Hall–Kier alpha value is -0.0800. The molecule has 66 valence electrons. The normalized spacial score (nSPS) is 33.8. The number of hydrogen-bond acceptors (Lipinski definition) is 2. The van der Waals surface area contributed by atoms with E-state index in [4.69, 9.17) is 0 Å². The second kappa shape index (κ2) is 3.11. The van der Waals surface area contributed by atoms with Crippen molar-refractivity contribution < 1.29 is 10.2 Å². The van der Waals surface area contributed by atoms with E-state index in [1.54, 1.807) is 13.8 Å². The van der Waals surface area contributed by atoms with Crippen LogP contribution in [0.3, 0.4) is 0 Å². The molecule has 0 amide bonds. The third-order valence-electron chi connectivity index (χ3n) is 2.64. The molecule has 2 atom stereocenters. The smallest absolute Gasteiger partial charge is 0.0644 e. The monoisotopic (exact) mass is 158 g/mol. The number of hydrogen-bond donors (Lipinski definition) is 2. The van der Waals surface area contributed by atoms with Gasteiger partial charge >= 0.3 is 0 Å². The molecule has 2 N–H and O–H groups in total. The quantitative estimate of drug-likeness (QED) is 0.604. The first kappa shape index (κ1) is 9.01. The Morgan fingerprint density at radius 1 is 1.18 bits per heavy atom. The SMILES string of the molecule is CC(C)(O)C1CCCC[C@H]1O. The Morgan fingerprint density at radius 2 is 1.73 bits per heavy atom. The second-order valence-electron chi connectivity index (χ2n) is 4.11. The lowest BCUT2D eigenvalue weighted by atomic mass is 9.77. The zero-order chi connectivity index (χ0) is 8.48. The van der Waals surface area contributed by atoms with Crippen LogP contribution in [0.4, 0.5) is 0 Å². The topological polar surface area (TPSA) is 40.5 Å². The molecule has 0 radical (unpaired) electrons. The van der Waals surface area contributed by atoms with Crippen LogP contribution in [0.5, 0.6) is 0 Å². The van der Waals surface area contributed by atoms with Crippen molar-refractivity contribution in [2.75, 3.05) is 0 Å². The molecular formula is C9H18O2. The maximum Gasteiger partial charge on any atom is 0.0644 e. The Balaban J connectivity index is 2.55. The predicted molar refractivity (Wildman–Crippen MR) is 44.3 cm³/mol.